The number of hydrogen-bond donors (Lipinski definition) is 2. The molecular formula is C11H19NO2. The number of carbonyl (C=O) groups excluding carboxylic acids is 1. The van der Waals surface area contributed by atoms with Crippen molar-refractivity contribution in [1.29, 1.82) is 0 Å². The number of nitrogens with one attached hydrogen (secondary N) is 1. The minimum absolute atomic E-state index is 0.00898. The molecule has 0 bridgehead atoms. The zero-order chi connectivity index (χ0) is 9.97. The second-order valence-corrected chi connectivity index (χ2v) is 4.63. The van der Waals surface area contributed by atoms with Crippen LogP contribution in [-0.2, 0) is 4.79 Å². The summed E-state index contributed by atoms with van der Waals surface area (Å²) >= 11 is 0. The average Bonchev–Trinajstić information content (AvgIpc) is 2.61. The smallest absolute Gasteiger partial charge is 0.225 e. The van der Waals surface area contributed by atoms with Crippen molar-refractivity contribution in [3.8, 4) is 0 Å². The Labute approximate surface area is 84.9 Å². The summed E-state index contributed by atoms with van der Waals surface area (Å²) in [5, 5.41) is 12.0. The molecule has 0 aromatic rings. The Morgan fingerprint density at radius 2 is 2.00 bits per heavy atom. The highest BCUT2D eigenvalue weighted by Crippen LogP contribution is 2.31. The molecule has 0 aromatic carbocycles. The fourth-order valence-corrected chi connectivity index (χ4v) is 2.78. The molecule has 2 aliphatic rings. The first-order valence-corrected chi connectivity index (χ1v) is 5.72. The molecular weight excluding hydrogens is 178 g/mol. The first kappa shape index (κ1) is 9.97. The fraction of sp³-hybridized carbons (Fsp3) is 0.909. The molecule has 0 radical (unpaired) electrons. The molecule has 2 fully saturated rings. The first-order chi connectivity index (χ1) is 6.81. The second-order valence-electron chi connectivity index (χ2n) is 4.63. The van der Waals surface area contributed by atoms with Gasteiger partial charge in [0, 0.05) is 6.04 Å². The lowest BCUT2D eigenvalue weighted by molar-refractivity contribution is -0.123. The van der Waals surface area contributed by atoms with Crippen LogP contribution in [0.15, 0.2) is 0 Å². The van der Waals surface area contributed by atoms with Gasteiger partial charge in [-0.05, 0) is 25.2 Å². The molecule has 1 aliphatic carbocycles. The molecule has 1 amide bonds. The molecule has 1 saturated heterocycles. The summed E-state index contributed by atoms with van der Waals surface area (Å²) in [6.07, 6.45) is 7.31. The van der Waals surface area contributed by atoms with E-state index in [1.165, 1.54) is 32.1 Å². The number of hydrogen-bond acceptors (Lipinski definition) is 2. The van der Waals surface area contributed by atoms with Crippen molar-refractivity contribution >= 4 is 5.91 Å². The summed E-state index contributed by atoms with van der Waals surface area (Å²) in [5.41, 5.74) is 0. The number of aliphatic hydroxyl groups is 1. The van der Waals surface area contributed by atoms with Gasteiger partial charge in [0.1, 0.15) is 0 Å². The number of carbonyl (C=O) groups is 1. The third kappa shape index (κ3) is 1.92. The SMILES string of the molecule is O=C1NC(C2CCCCC2)CC1CO. The van der Waals surface area contributed by atoms with Gasteiger partial charge in [-0.25, -0.2) is 0 Å². The maximum atomic E-state index is 11.4. The summed E-state index contributed by atoms with van der Waals surface area (Å²) in [6.45, 7) is 0.00898. The molecule has 3 heteroatoms. The first-order valence-electron chi connectivity index (χ1n) is 5.72. The van der Waals surface area contributed by atoms with E-state index in [0.29, 0.717) is 12.0 Å². The molecule has 1 aliphatic heterocycles. The molecule has 14 heavy (non-hydrogen) atoms. The Kier molecular flexibility index (Phi) is 3.06. The van der Waals surface area contributed by atoms with Crippen molar-refractivity contribution in [2.45, 2.75) is 44.6 Å². The lowest BCUT2D eigenvalue weighted by atomic mass is 9.82. The highest BCUT2D eigenvalue weighted by Gasteiger charge is 2.35. The van der Waals surface area contributed by atoms with Crippen LogP contribution in [-0.4, -0.2) is 23.7 Å². The highest BCUT2D eigenvalue weighted by molar-refractivity contribution is 5.81. The topological polar surface area (TPSA) is 49.3 Å². The van der Waals surface area contributed by atoms with E-state index in [0.717, 1.165) is 6.42 Å². The van der Waals surface area contributed by atoms with E-state index in [9.17, 15) is 4.79 Å². The maximum absolute atomic E-state index is 11.4. The van der Waals surface area contributed by atoms with Gasteiger partial charge in [-0.1, -0.05) is 19.3 Å². The van der Waals surface area contributed by atoms with Crippen molar-refractivity contribution in [2.75, 3.05) is 6.61 Å². The van der Waals surface area contributed by atoms with Gasteiger partial charge >= 0.3 is 0 Å². The molecule has 2 atom stereocenters. The van der Waals surface area contributed by atoms with E-state index in [1.807, 2.05) is 0 Å². The molecule has 0 aromatic heterocycles. The minimum atomic E-state index is -0.137. The van der Waals surface area contributed by atoms with Crippen molar-refractivity contribution in [3.05, 3.63) is 0 Å². The predicted octanol–water partition coefficient (Wildman–Crippen LogP) is 1.06. The van der Waals surface area contributed by atoms with E-state index in [1.54, 1.807) is 0 Å². The van der Waals surface area contributed by atoms with Crippen LogP contribution < -0.4 is 5.32 Å². The van der Waals surface area contributed by atoms with Crippen molar-refractivity contribution in [2.24, 2.45) is 11.8 Å². The lowest BCUT2D eigenvalue weighted by Crippen LogP contribution is -2.34. The Hall–Kier alpha value is -0.570. The molecule has 3 nitrogen and oxygen atoms in total. The number of amides is 1. The van der Waals surface area contributed by atoms with Crippen LogP contribution in [0.1, 0.15) is 38.5 Å². The highest BCUT2D eigenvalue weighted by atomic mass is 16.3. The predicted molar refractivity (Wildman–Crippen MR) is 53.7 cm³/mol. The van der Waals surface area contributed by atoms with Gasteiger partial charge in [0.2, 0.25) is 5.91 Å². The summed E-state index contributed by atoms with van der Waals surface area (Å²) < 4.78 is 0. The molecule has 2 N–H and O–H groups in total. The van der Waals surface area contributed by atoms with Crippen LogP contribution in [0.25, 0.3) is 0 Å². The standard InChI is InChI=1S/C11H19NO2/c13-7-9-6-10(12-11(9)14)8-4-2-1-3-5-8/h8-10,13H,1-7H2,(H,12,14). The fourth-order valence-electron chi connectivity index (χ4n) is 2.78. The van der Waals surface area contributed by atoms with E-state index in [-0.39, 0.29) is 18.4 Å². The largest absolute Gasteiger partial charge is 0.396 e. The average molecular weight is 197 g/mol. The monoisotopic (exact) mass is 197 g/mol. The summed E-state index contributed by atoms with van der Waals surface area (Å²) in [6, 6.07) is 0.347. The Morgan fingerprint density at radius 3 is 2.57 bits per heavy atom. The van der Waals surface area contributed by atoms with Crippen LogP contribution in [0.5, 0.6) is 0 Å². The molecule has 2 unspecified atom stereocenters. The van der Waals surface area contributed by atoms with Crippen LogP contribution in [0.2, 0.25) is 0 Å². The Morgan fingerprint density at radius 1 is 1.29 bits per heavy atom. The van der Waals surface area contributed by atoms with Crippen LogP contribution in [0, 0.1) is 11.8 Å². The van der Waals surface area contributed by atoms with Gasteiger partial charge in [-0.2, -0.15) is 0 Å². The molecule has 80 valence electrons. The Bertz CT molecular complexity index is 211. The van der Waals surface area contributed by atoms with Gasteiger partial charge < -0.3 is 10.4 Å². The zero-order valence-corrected chi connectivity index (χ0v) is 8.54. The van der Waals surface area contributed by atoms with Gasteiger partial charge in [0.15, 0.2) is 0 Å². The van der Waals surface area contributed by atoms with Gasteiger partial charge in [0.05, 0.1) is 12.5 Å². The van der Waals surface area contributed by atoms with Crippen molar-refractivity contribution in [3.63, 3.8) is 0 Å². The third-order valence-electron chi connectivity index (χ3n) is 3.68. The lowest BCUT2D eigenvalue weighted by Gasteiger charge is -2.27. The Balaban J connectivity index is 1.90. The van der Waals surface area contributed by atoms with Gasteiger partial charge in [0.25, 0.3) is 0 Å². The second kappa shape index (κ2) is 4.30. The van der Waals surface area contributed by atoms with Crippen molar-refractivity contribution in [1.82, 2.24) is 5.32 Å². The summed E-state index contributed by atoms with van der Waals surface area (Å²) in [7, 11) is 0. The van der Waals surface area contributed by atoms with Crippen LogP contribution in [0.3, 0.4) is 0 Å². The molecule has 1 saturated carbocycles. The zero-order valence-electron chi connectivity index (χ0n) is 8.54. The summed E-state index contributed by atoms with van der Waals surface area (Å²) in [5.74, 6) is 0.592. The third-order valence-corrected chi connectivity index (χ3v) is 3.68. The minimum Gasteiger partial charge on any atom is -0.396 e. The van der Waals surface area contributed by atoms with E-state index >= 15 is 0 Å². The normalized spacial score (nSPS) is 34.5. The number of aliphatic hydroxyl groups excluding tert-OH is 1. The molecule has 2 rings (SSSR count). The quantitative estimate of drug-likeness (QED) is 0.695. The van der Waals surface area contributed by atoms with Crippen LogP contribution >= 0.6 is 0 Å². The summed E-state index contributed by atoms with van der Waals surface area (Å²) in [4.78, 5) is 11.4. The molecule has 1 heterocycles. The van der Waals surface area contributed by atoms with Crippen LogP contribution in [0.4, 0.5) is 0 Å². The maximum Gasteiger partial charge on any atom is 0.225 e. The van der Waals surface area contributed by atoms with Gasteiger partial charge in [-0.3, -0.25) is 4.79 Å². The van der Waals surface area contributed by atoms with E-state index in [4.69, 9.17) is 5.11 Å². The van der Waals surface area contributed by atoms with E-state index < -0.39 is 0 Å². The molecule has 0 spiro atoms. The van der Waals surface area contributed by atoms with Crippen molar-refractivity contribution < 1.29 is 9.90 Å². The number of rotatable bonds is 2. The van der Waals surface area contributed by atoms with E-state index in [2.05, 4.69) is 5.32 Å². The van der Waals surface area contributed by atoms with Gasteiger partial charge in [-0.15, -0.1) is 0 Å².